The molecule has 2 unspecified atom stereocenters. The second-order valence-corrected chi connectivity index (χ2v) is 7.46. The monoisotopic (exact) mass is 264 g/mol. The van der Waals surface area contributed by atoms with Crippen molar-refractivity contribution in [2.24, 2.45) is 10.8 Å². The van der Waals surface area contributed by atoms with Gasteiger partial charge in [-0.2, -0.15) is 0 Å². The Morgan fingerprint density at radius 1 is 1.05 bits per heavy atom. The summed E-state index contributed by atoms with van der Waals surface area (Å²) in [5, 5.41) is 0. The fourth-order valence-corrected chi connectivity index (χ4v) is 4.22. The minimum atomic E-state index is -0.298. The van der Waals surface area contributed by atoms with Crippen LogP contribution in [0.3, 0.4) is 0 Å². The molecule has 2 aliphatic heterocycles. The minimum Gasteiger partial charge on any atom is -0.329 e. The molecule has 2 amide bonds. The summed E-state index contributed by atoms with van der Waals surface area (Å²) in [6.45, 7) is 11.4. The summed E-state index contributed by atoms with van der Waals surface area (Å²) in [5.74, 6) is 0.314. The van der Waals surface area contributed by atoms with Crippen LogP contribution in [-0.2, 0) is 9.59 Å². The van der Waals surface area contributed by atoms with E-state index < -0.39 is 0 Å². The zero-order valence-corrected chi connectivity index (χ0v) is 12.6. The van der Waals surface area contributed by atoms with E-state index in [1.54, 1.807) is 4.90 Å². The van der Waals surface area contributed by atoms with E-state index in [2.05, 4.69) is 27.7 Å². The number of hydrogen-bond donors (Lipinski definition) is 0. The van der Waals surface area contributed by atoms with Crippen LogP contribution in [0.15, 0.2) is 0 Å². The second kappa shape index (κ2) is 3.53. The quantitative estimate of drug-likeness (QED) is 0.722. The maximum absolute atomic E-state index is 12.8. The van der Waals surface area contributed by atoms with Gasteiger partial charge < -0.3 is 9.80 Å². The number of hydrogen-bond acceptors (Lipinski definition) is 2. The average Bonchev–Trinajstić information content (AvgIpc) is 2.75. The van der Waals surface area contributed by atoms with E-state index in [1.165, 1.54) is 0 Å². The Balaban J connectivity index is 1.94. The van der Waals surface area contributed by atoms with Gasteiger partial charge in [-0.3, -0.25) is 9.59 Å². The van der Waals surface area contributed by atoms with Gasteiger partial charge in [0.25, 0.3) is 0 Å². The van der Waals surface area contributed by atoms with Gasteiger partial charge in [0, 0.05) is 12.6 Å². The lowest BCUT2D eigenvalue weighted by Gasteiger charge is -2.42. The van der Waals surface area contributed by atoms with Crippen LogP contribution in [0.2, 0.25) is 0 Å². The van der Waals surface area contributed by atoms with Crippen molar-refractivity contribution in [2.75, 3.05) is 6.54 Å². The molecule has 2 saturated heterocycles. The van der Waals surface area contributed by atoms with Gasteiger partial charge in [0.15, 0.2) is 0 Å². The number of rotatable bonds is 1. The van der Waals surface area contributed by atoms with Crippen molar-refractivity contribution in [1.29, 1.82) is 0 Å². The molecule has 19 heavy (non-hydrogen) atoms. The normalized spacial score (nSPS) is 36.7. The first-order valence-electron chi connectivity index (χ1n) is 7.34. The number of carbonyl (C=O) groups excluding carboxylic acids is 2. The first-order chi connectivity index (χ1) is 8.71. The Hall–Kier alpha value is -1.06. The predicted octanol–water partition coefficient (Wildman–Crippen LogP) is 1.64. The van der Waals surface area contributed by atoms with E-state index in [-0.39, 0.29) is 40.8 Å². The number of carbonyl (C=O) groups is 2. The highest BCUT2D eigenvalue weighted by Crippen LogP contribution is 2.66. The molecule has 1 saturated carbocycles. The first kappa shape index (κ1) is 12.9. The molecule has 3 aliphatic rings. The molecule has 0 aromatic rings. The highest BCUT2D eigenvalue weighted by molar-refractivity contribution is 5.97. The number of amides is 2. The van der Waals surface area contributed by atoms with Gasteiger partial charge in [0.05, 0.1) is 0 Å². The Bertz CT molecular complexity index is 441. The molecule has 106 valence electrons. The number of piperazine rings is 1. The second-order valence-electron chi connectivity index (χ2n) is 7.46. The van der Waals surface area contributed by atoms with Crippen molar-refractivity contribution in [3.8, 4) is 0 Å². The highest BCUT2D eigenvalue weighted by Gasteiger charge is 2.70. The van der Waals surface area contributed by atoms with E-state index in [0.717, 1.165) is 19.4 Å². The van der Waals surface area contributed by atoms with Crippen LogP contribution in [0.25, 0.3) is 0 Å². The molecule has 0 aromatic carbocycles. The van der Waals surface area contributed by atoms with E-state index >= 15 is 0 Å². The van der Waals surface area contributed by atoms with Crippen molar-refractivity contribution in [3.05, 3.63) is 0 Å². The topological polar surface area (TPSA) is 40.6 Å². The Morgan fingerprint density at radius 3 is 2.16 bits per heavy atom. The summed E-state index contributed by atoms with van der Waals surface area (Å²) in [7, 11) is 0. The Morgan fingerprint density at radius 2 is 1.63 bits per heavy atom. The highest BCUT2D eigenvalue weighted by atomic mass is 16.2. The van der Waals surface area contributed by atoms with Crippen molar-refractivity contribution < 1.29 is 9.59 Å². The van der Waals surface area contributed by atoms with Crippen LogP contribution in [-0.4, -0.2) is 46.3 Å². The zero-order chi connectivity index (χ0) is 14.2. The van der Waals surface area contributed by atoms with E-state index in [9.17, 15) is 9.59 Å². The van der Waals surface area contributed by atoms with Crippen molar-refractivity contribution in [2.45, 2.75) is 65.6 Å². The molecular formula is C15H24N2O2. The molecule has 0 aromatic heterocycles. The van der Waals surface area contributed by atoms with E-state index in [0.29, 0.717) is 0 Å². The SMILES string of the molecule is CC1C(=O)N2CCCC2C(=O)N1C1C(C)(C)C1(C)C. The van der Waals surface area contributed by atoms with Gasteiger partial charge >= 0.3 is 0 Å². The lowest BCUT2D eigenvalue weighted by Crippen LogP contribution is -2.63. The van der Waals surface area contributed by atoms with Gasteiger partial charge in [0.1, 0.15) is 12.1 Å². The van der Waals surface area contributed by atoms with Gasteiger partial charge in [-0.05, 0) is 30.6 Å². The molecule has 2 heterocycles. The number of nitrogens with zero attached hydrogens (tertiary/aromatic N) is 2. The molecule has 3 rings (SSSR count). The third-order valence-corrected chi connectivity index (χ3v) is 6.07. The standard InChI is InChI=1S/C15H24N2O2/c1-9-11(18)16-8-6-7-10(16)12(19)17(9)13-14(2,3)15(13,4)5/h9-10,13H,6-8H2,1-5H3. The van der Waals surface area contributed by atoms with Crippen LogP contribution >= 0.6 is 0 Å². The smallest absolute Gasteiger partial charge is 0.246 e. The minimum absolute atomic E-state index is 0.0952. The molecule has 0 radical (unpaired) electrons. The molecule has 4 heteroatoms. The van der Waals surface area contributed by atoms with Gasteiger partial charge in [0.2, 0.25) is 11.8 Å². The van der Waals surface area contributed by atoms with Gasteiger partial charge in [-0.1, -0.05) is 27.7 Å². The summed E-state index contributed by atoms with van der Waals surface area (Å²) in [4.78, 5) is 28.9. The van der Waals surface area contributed by atoms with Crippen LogP contribution in [0, 0.1) is 10.8 Å². The maximum atomic E-state index is 12.8. The molecule has 0 spiro atoms. The zero-order valence-electron chi connectivity index (χ0n) is 12.6. The first-order valence-corrected chi connectivity index (χ1v) is 7.34. The Kier molecular flexibility index (Phi) is 2.40. The molecule has 0 N–H and O–H groups in total. The van der Waals surface area contributed by atoms with Crippen LogP contribution in [0.4, 0.5) is 0 Å². The van der Waals surface area contributed by atoms with Crippen LogP contribution in [0.1, 0.15) is 47.5 Å². The predicted molar refractivity (Wildman–Crippen MR) is 72.4 cm³/mol. The lowest BCUT2D eigenvalue weighted by molar-refractivity contribution is -0.160. The summed E-state index contributed by atoms with van der Waals surface area (Å²) in [6.07, 6.45) is 1.79. The summed E-state index contributed by atoms with van der Waals surface area (Å²) < 4.78 is 0. The molecule has 4 nitrogen and oxygen atoms in total. The van der Waals surface area contributed by atoms with Gasteiger partial charge in [-0.15, -0.1) is 0 Å². The van der Waals surface area contributed by atoms with Crippen molar-refractivity contribution in [3.63, 3.8) is 0 Å². The lowest BCUT2D eigenvalue weighted by atomic mass is 10.0. The summed E-state index contributed by atoms with van der Waals surface area (Å²) in [5.41, 5.74) is 0.190. The van der Waals surface area contributed by atoms with Gasteiger partial charge in [-0.25, -0.2) is 0 Å². The average molecular weight is 264 g/mol. The van der Waals surface area contributed by atoms with Crippen molar-refractivity contribution in [1.82, 2.24) is 9.80 Å². The molecule has 0 bridgehead atoms. The number of fused-ring (bicyclic) bond motifs is 1. The molecule has 2 atom stereocenters. The summed E-state index contributed by atoms with van der Waals surface area (Å²) in [6, 6.07) is -0.294. The molecular weight excluding hydrogens is 240 g/mol. The summed E-state index contributed by atoms with van der Waals surface area (Å²) >= 11 is 0. The van der Waals surface area contributed by atoms with E-state index in [1.807, 2.05) is 11.8 Å². The van der Waals surface area contributed by atoms with Crippen LogP contribution < -0.4 is 0 Å². The third-order valence-electron chi connectivity index (χ3n) is 6.07. The fraction of sp³-hybridized carbons (Fsp3) is 0.867. The van der Waals surface area contributed by atoms with E-state index in [4.69, 9.17) is 0 Å². The Labute approximate surface area is 115 Å². The third kappa shape index (κ3) is 1.40. The molecule has 1 aliphatic carbocycles. The largest absolute Gasteiger partial charge is 0.329 e. The molecule has 3 fully saturated rings. The maximum Gasteiger partial charge on any atom is 0.246 e. The van der Waals surface area contributed by atoms with Crippen molar-refractivity contribution >= 4 is 11.8 Å². The fourth-order valence-electron chi connectivity index (χ4n) is 4.22. The van der Waals surface area contributed by atoms with Crippen LogP contribution in [0.5, 0.6) is 0 Å².